The fourth-order valence-electron chi connectivity index (χ4n) is 1.86. The summed E-state index contributed by atoms with van der Waals surface area (Å²) >= 11 is 1.73. The highest BCUT2D eigenvalue weighted by Gasteiger charge is 2.16. The molecule has 1 saturated heterocycles. The first-order valence-corrected chi connectivity index (χ1v) is 6.10. The second-order valence-corrected chi connectivity index (χ2v) is 4.71. The Morgan fingerprint density at radius 3 is 3.00 bits per heavy atom. The Hall–Kier alpha value is -0.450. The van der Waals surface area contributed by atoms with Gasteiger partial charge >= 0.3 is 0 Å². The third-order valence-electron chi connectivity index (χ3n) is 2.65. The minimum atomic E-state index is 0.401. The minimum Gasteiger partial charge on any atom is -0.317 e. The van der Waals surface area contributed by atoms with Crippen LogP contribution in [0.25, 0.3) is 0 Å². The molecular weight excluding hydrogens is 194 g/mol. The third kappa shape index (κ3) is 2.53. The average molecular weight is 211 g/mol. The average Bonchev–Trinajstić information content (AvgIpc) is 2.72. The second kappa shape index (κ2) is 4.87. The Kier molecular flexibility index (Phi) is 3.50. The molecule has 4 heteroatoms. The first kappa shape index (κ1) is 10.1. The van der Waals surface area contributed by atoms with Gasteiger partial charge in [0.1, 0.15) is 5.01 Å². The van der Waals surface area contributed by atoms with Crippen LogP contribution < -0.4 is 10.6 Å². The molecule has 0 saturated carbocycles. The van der Waals surface area contributed by atoms with Crippen LogP contribution in [0.2, 0.25) is 0 Å². The van der Waals surface area contributed by atoms with Crippen LogP contribution >= 0.6 is 11.3 Å². The van der Waals surface area contributed by atoms with Crippen molar-refractivity contribution < 1.29 is 0 Å². The van der Waals surface area contributed by atoms with Gasteiger partial charge in [-0.05, 0) is 32.9 Å². The summed E-state index contributed by atoms with van der Waals surface area (Å²) in [5.41, 5.74) is 0. The van der Waals surface area contributed by atoms with Gasteiger partial charge in [-0.15, -0.1) is 11.3 Å². The lowest BCUT2D eigenvalue weighted by Crippen LogP contribution is -2.40. The van der Waals surface area contributed by atoms with E-state index in [-0.39, 0.29) is 0 Å². The molecule has 0 aromatic carbocycles. The van der Waals surface area contributed by atoms with Gasteiger partial charge in [-0.25, -0.2) is 4.98 Å². The zero-order chi connectivity index (χ0) is 9.80. The highest BCUT2D eigenvalue weighted by molar-refractivity contribution is 7.09. The largest absolute Gasteiger partial charge is 0.317 e. The van der Waals surface area contributed by atoms with Crippen LogP contribution in [0.15, 0.2) is 11.6 Å². The predicted molar refractivity (Wildman–Crippen MR) is 59.6 cm³/mol. The number of nitrogens with one attached hydrogen (secondary N) is 2. The second-order valence-electron chi connectivity index (χ2n) is 3.78. The molecule has 3 nitrogen and oxygen atoms in total. The molecule has 2 rings (SSSR count). The Morgan fingerprint density at radius 1 is 1.57 bits per heavy atom. The molecular formula is C10H17N3S. The van der Waals surface area contributed by atoms with E-state index in [0.717, 1.165) is 13.1 Å². The van der Waals surface area contributed by atoms with Crippen LogP contribution in [0.3, 0.4) is 0 Å². The molecule has 1 aromatic rings. The van der Waals surface area contributed by atoms with E-state index in [1.165, 1.54) is 17.8 Å². The zero-order valence-corrected chi connectivity index (χ0v) is 9.31. The number of nitrogens with zero attached hydrogens (tertiary/aromatic N) is 1. The highest BCUT2D eigenvalue weighted by Crippen LogP contribution is 2.17. The molecule has 0 spiro atoms. The van der Waals surface area contributed by atoms with Crippen molar-refractivity contribution in [2.75, 3.05) is 13.1 Å². The van der Waals surface area contributed by atoms with E-state index < -0.39 is 0 Å². The van der Waals surface area contributed by atoms with E-state index >= 15 is 0 Å². The molecule has 78 valence electrons. The van der Waals surface area contributed by atoms with E-state index in [4.69, 9.17) is 0 Å². The van der Waals surface area contributed by atoms with Crippen molar-refractivity contribution in [3.8, 4) is 0 Å². The molecule has 1 fully saturated rings. The molecule has 0 bridgehead atoms. The Balaban J connectivity index is 1.84. The van der Waals surface area contributed by atoms with Crippen LogP contribution in [-0.2, 0) is 0 Å². The molecule has 1 aromatic heterocycles. The summed E-state index contributed by atoms with van der Waals surface area (Å²) in [5.74, 6) is 0. The maximum absolute atomic E-state index is 4.32. The summed E-state index contributed by atoms with van der Waals surface area (Å²) < 4.78 is 0. The molecule has 2 heterocycles. The monoisotopic (exact) mass is 211 g/mol. The van der Waals surface area contributed by atoms with Crippen molar-refractivity contribution in [3.05, 3.63) is 16.6 Å². The molecule has 14 heavy (non-hydrogen) atoms. The van der Waals surface area contributed by atoms with Gasteiger partial charge < -0.3 is 10.6 Å². The van der Waals surface area contributed by atoms with E-state index in [0.29, 0.717) is 12.1 Å². The van der Waals surface area contributed by atoms with Crippen LogP contribution in [0.5, 0.6) is 0 Å². The van der Waals surface area contributed by atoms with Gasteiger partial charge in [-0.1, -0.05) is 0 Å². The summed E-state index contributed by atoms with van der Waals surface area (Å²) in [4.78, 5) is 4.32. The van der Waals surface area contributed by atoms with Gasteiger partial charge in [0.25, 0.3) is 0 Å². The van der Waals surface area contributed by atoms with Crippen LogP contribution in [0, 0.1) is 0 Å². The molecule has 2 N–H and O–H groups in total. The van der Waals surface area contributed by atoms with E-state index in [1.54, 1.807) is 11.3 Å². The Labute approximate surface area is 88.9 Å². The summed E-state index contributed by atoms with van der Waals surface area (Å²) in [6.45, 7) is 4.48. The topological polar surface area (TPSA) is 37.0 Å². The van der Waals surface area contributed by atoms with Gasteiger partial charge in [0.2, 0.25) is 0 Å². The van der Waals surface area contributed by atoms with Gasteiger partial charge in [-0.2, -0.15) is 0 Å². The Morgan fingerprint density at radius 2 is 2.36 bits per heavy atom. The van der Waals surface area contributed by atoms with Crippen molar-refractivity contribution in [2.24, 2.45) is 0 Å². The predicted octanol–water partition coefficient (Wildman–Crippen LogP) is 1.55. The van der Waals surface area contributed by atoms with Gasteiger partial charge in [0.15, 0.2) is 0 Å². The fraction of sp³-hybridized carbons (Fsp3) is 0.700. The van der Waals surface area contributed by atoms with Gasteiger partial charge in [-0.3, -0.25) is 0 Å². The molecule has 1 aliphatic rings. The maximum atomic E-state index is 4.32. The lowest BCUT2D eigenvalue weighted by Gasteiger charge is -2.26. The van der Waals surface area contributed by atoms with E-state index in [1.807, 2.05) is 11.6 Å². The number of piperidine rings is 1. The van der Waals surface area contributed by atoms with Crippen molar-refractivity contribution in [3.63, 3.8) is 0 Å². The van der Waals surface area contributed by atoms with Gasteiger partial charge in [0, 0.05) is 17.6 Å². The number of hydrogen-bond donors (Lipinski definition) is 2. The summed E-state index contributed by atoms with van der Waals surface area (Å²) in [6.07, 6.45) is 4.34. The molecule has 0 unspecified atom stereocenters. The first-order valence-electron chi connectivity index (χ1n) is 5.22. The minimum absolute atomic E-state index is 0.401. The lowest BCUT2D eigenvalue weighted by molar-refractivity contribution is 0.359. The fourth-order valence-corrected chi connectivity index (χ4v) is 2.52. The van der Waals surface area contributed by atoms with E-state index in [2.05, 4.69) is 22.5 Å². The maximum Gasteiger partial charge on any atom is 0.109 e. The normalized spacial score (nSPS) is 20.9. The van der Waals surface area contributed by atoms with Crippen molar-refractivity contribution in [2.45, 2.75) is 31.8 Å². The van der Waals surface area contributed by atoms with E-state index in [9.17, 15) is 0 Å². The van der Waals surface area contributed by atoms with Crippen LogP contribution in [0.4, 0.5) is 0 Å². The number of hydrogen-bond acceptors (Lipinski definition) is 4. The summed E-state index contributed by atoms with van der Waals surface area (Å²) in [6, 6.07) is 1.06. The molecule has 0 radical (unpaired) electrons. The number of thiazole rings is 1. The van der Waals surface area contributed by atoms with Crippen LogP contribution in [0.1, 0.15) is 30.8 Å². The van der Waals surface area contributed by atoms with Crippen molar-refractivity contribution in [1.82, 2.24) is 15.6 Å². The van der Waals surface area contributed by atoms with Crippen LogP contribution in [-0.4, -0.2) is 24.1 Å². The highest BCUT2D eigenvalue weighted by atomic mass is 32.1. The van der Waals surface area contributed by atoms with Crippen molar-refractivity contribution >= 4 is 11.3 Å². The summed E-state index contributed by atoms with van der Waals surface area (Å²) in [5, 5.41) is 10.2. The SMILES string of the molecule is C[C@@H](NC1CCNCC1)c1nccs1. The standard InChI is InChI=1S/C10H17N3S/c1-8(10-12-6-7-14-10)13-9-2-4-11-5-3-9/h6-9,11,13H,2-5H2,1H3/t8-/m1/s1. The molecule has 1 atom stereocenters. The number of rotatable bonds is 3. The van der Waals surface area contributed by atoms with Crippen molar-refractivity contribution in [1.29, 1.82) is 0 Å². The quantitative estimate of drug-likeness (QED) is 0.796. The van der Waals surface area contributed by atoms with Gasteiger partial charge in [0.05, 0.1) is 6.04 Å². The number of aromatic nitrogens is 1. The first-order chi connectivity index (χ1) is 6.86. The summed E-state index contributed by atoms with van der Waals surface area (Å²) in [7, 11) is 0. The lowest BCUT2D eigenvalue weighted by atomic mass is 10.1. The Bertz CT molecular complexity index is 254. The molecule has 1 aliphatic heterocycles. The third-order valence-corrected chi connectivity index (χ3v) is 3.60. The molecule has 0 amide bonds. The molecule has 0 aliphatic carbocycles. The zero-order valence-electron chi connectivity index (χ0n) is 8.49. The smallest absolute Gasteiger partial charge is 0.109 e.